The normalized spacial score (nSPS) is 25.2. The summed E-state index contributed by atoms with van der Waals surface area (Å²) in [5.41, 5.74) is 0. The molecule has 0 saturated carbocycles. The smallest absolute Gasteiger partial charge is 0.123 e. The van der Waals surface area contributed by atoms with E-state index in [9.17, 15) is 0 Å². The van der Waals surface area contributed by atoms with Gasteiger partial charge in [-0.25, -0.2) is 4.98 Å². The number of methoxy groups -OCH3 is 1. The van der Waals surface area contributed by atoms with Gasteiger partial charge >= 0.3 is 0 Å². The Balaban J connectivity index is 0.000000845. The first-order valence-electron chi connectivity index (χ1n) is 4.15. The van der Waals surface area contributed by atoms with E-state index >= 15 is 0 Å². The van der Waals surface area contributed by atoms with Crippen LogP contribution in [-0.4, -0.2) is 29.7 Å². The highest BCUT2D eigenvalue weighted by molar-refractivity contribution is 5.85. The van der Waals surface area contributed by atoms with Crippen LogP contribution in [0.2, 0.25) is 0 Å². The maximum absolute atomic E-state index is 5.24. The Labute approximate surface area is 95.6 Å². The third kappa shape index (κ3) is 2.85. The van der Waals surface area contributed by atoms with Crippen LogP contribution >= 0.6 is 24.8 Å². The third-order valence-corrected chi connectivity index (χ3v) is 2.27. The molecule has 0 bridgehead atoms. The average Bonchev–Trinajstić information content (AvgIpc) is 2.75. The van der Waals surface area contributed by atoms with Crippen LogP contribution < -0.4 is 5.32 Å². The van der Waals surface area contributed by atoms with Crippen molar-refractivity contribution in [1.29, 1.82) is 0 Å². The summed E-state index contributed by atoms with van der Waals surface area (Å²) in [5, 5.41) is 3.34. The molecule has 2 atom stereocenters. The van der Waals surface area contributed by atoms with Crippen molar-refractivity contribution < 1.29 is 4.74 Å². The quantitative estimate of drug-likeness (QED) is 0.819. The average molecular weight is 240 g/mol. The lowest BCUT2D eigenvalue weighted by Gasteiger charge is -2.05. The van der Waals surface area contributed by atoms with Gasteiger partial charge in [-0.3, -0.25) is 0 Å². The van der Waals surface area contributed by atoms with Crippen molar-refractivity contribution in [3.63, 3.8) is 0 Å². The highest BCUT2D eigenvalue weighted by Gasteiger charge is 2.26. The minimum absolute atomic E-state index is 0. The number of ether oxygens (including phenoxy) is 1. The molecule has 14 heavy (non-hydrogen) atoms. The molecule has 1 aliphatic heterocycles. The van der Waals surface area contributed by atoms with Crippen molar-refractivity contribution >= 4 is 24.8 Å². The summed E-state index contributed by atoms with van der Waals surface area (Å²) < 4.78 is 5.24. The van der Waals surface area contributed by atoms with Crippen LogP contribution in [0.25, 0.3) is 0 Å². The van der Waals surface area contributed by atoms with Gasteiger partial charge in [0.25, 0.3) is 0 Å². The standard InChI is InChI=1S/C8H13N3O.2ClH/c1-12-6-4-7(11-5-6)8-9-2-3-10-8;;/h2-3,6-7,11H,4-5H2,1H3,(H,9,10);2*1H/t6-,7?;;/m1../s1. The molecule has 0 aliphatic carbocycles. The van der Waals surface area contributed by atoms with Gasteiger partial charge in [0.1, 0.15) is 5.82 Å². The second kappa shape index (κ2) is 6.24. The number of imidazole rings is 1. The molecule has 0 amide bonds. The SMILES string of the molecule is CO[C@H]1CNC(c2ncc[nH]2)C1.Cl.Cl. The van der Waals surface area contributed by atoms with Crippen LogP contribution in [-0.2, 0) is 4.74 Å². The van der Waals surface area contributed by atoms with Gasteiger partial charge in [0.05, 0.1) is 12.1 Å². The van der Waals surface area contributed by atoms with Crippen LogP contribution in [0, 0.1) is 0 Å². The van der Waals surface area contributed by atoms with Gasteiger partial charge in [-0.1, -0.05) is 0 Å². The molecule has 2 rings (SSSR count). The first-order chi connectivity index (χ1) is 5.90. The first-order valence-corrected chi connectivity index (χ1v) is 4.15. The Hall–Kier alpha value is -0.290. The Bertz CT molecular complexity index is 243. The summed E-state index contributed by atoms with van der Waals surface area (Å²) in [4.78, 5) is 7.29. The van der Waals surface area contributed by atoms with E-state index < -0.39 is 0 Å². The number of nitrogens with zero attached hydrogens (tertiary/aromatic N) is 1. The van der Waals surface area contributed by atoms with Gasteiger partial charge in [0.2, 0.25) is 0 Å². The Kier molecular flexibility index (Phi) is 6.11. The largest absolute Gasteiger partial charge is 0.380 e. The number of nitrogens with one attached hydrogen (secondary N) is 2. The molecule has 1 saturated heterocycles. The summed E-state index contributed by atoms with van der Waals surface area (Å²) in [6.07, 6.45) is 4.96. The molecule has 0 spiro atoms. The number of aromatic amines is 1. The lowest BCUT2D eigenvalue weighted by Crippen LogP contribution is -2.16. The van der Waals surface area contributed by atoms with E-state index in [0.29, 0.717) is 12.1 Å². The number of rotatable bonds is 2. The van der Waals surface area contributed by atoms with Crippen molar-refractivity contribution in [2.24, 2.45) is 0 Å². The van der Waals surface area contributed by atoms with E-state index in [1.54, 1.807) is 13.3 Å². The van der Waals surface area contributed by atoms with Gasteiger partial charge in [-0.05, 0) is 6.42 Å². The predicted molar refractivity (Wildman–Crippen MR) is 59.2 cm³/mol. The molecular formula is C8H15Cl2N3O. The molecule has 6 heteroatoms. The molecule has 1 aromatic rings. The van der Waals surface area contributed by atoms with Crippen LogP contribution in [0.5, 0.6) is 0 Å². The second-order valence-electron chi connectivity index (χ2n) is 3.03. The van der Waals surface area contributed by atoms with Crippen LogP contribution in [0.3, 0.4) is 0 Å². The molecule has 4 nitrogen and oxygen atoms in total. The minimum Gasteiger partial charge on any atom is -0.380 e. The van der Waals surface area contributed by atoms with Crippen molar-refractivity contribution in [2.45, 2.75) is 18.6 Å². The van der Waals surface area contributed by atoms with Crippen molar-refractivity contribution in [1.82, 2.24) is 15.3 Å². The number of aromatic nitrogens is 2. The molecule has 0 radical (unpaired) electrons. The predicted octanol–water partition coefficient (Wildman–Crippen LogP) is 1.30. The van der Waals surface area contributed by atoms with Crippen LogP contribution in [0.15, 0.2) is 12.4 Å². The summed E-state index contributed by atoms with van der Waals surface area (Å²) >= 11 is 0. The molecule has 0 aromatic carbocycles. The Morgan fingerprint density at radius 3 is 2.79 bits per heavy atom. The van der Waals surface area contributed by atoms with Crippen molar-refractivity contribution in [3.05, 3.63) is 18.2 Å². The van der Waals surface area contributed by atoms with Crippen molar-refractivity contribution in [3.8, 4) is 0 Å². The highest BCUT2D eigenvalue weighted by Crippen LogP contribution is 2.21. The van der Waals surface area contributed by atoms with Crippen LogP contribution in [0.1, 0.15) is 18.3 Å². The third-order valence-electron chi connectivity index (χ3n) is 2.27. The Morgan fingerprint density at radius 1 is 1.50 bits per heavy atom. The van der Waals surface area contributed by atoms with E-state index in [1.807, 2.05) is 6.20 Å². The zero-order valence-electron chi connectivity index (χ0n) is 7.90. The zero-order valence-corrected chi connectivity index (χ0v) is 9.53. The minimum atomic E-state index is 0. The monoisotopic (exact) mass is 239 g/mol. The number of hydrogen-bond acceptors (Lipinski definition) is 3. The number of halogens is 2. The molecule has 1 unspecified atom stereocenters. The summed E-state index contributed by atoms with van der Waals surface area (Å²) in [6.45, 7) is 0.919. The second-order valence-corrected chi connectivity index (χ2v) is 3.03. The van der Waals surface area contributed by atoms with E-state index in [2.05, 4.69) is 15.3 Å². The van der Waals surface area contributed by atoms with Gasteiger partial charge < -0.3 is 15.0 Å². The molecular weight excluding hydrogens is 225 g/mol. The molecule has 1 aliphatic rings. The van der Waals surface area contributed by atoms with Gasteiger partial charge in [-0.2, -0.15) is 0 Å². The van der Waals surface area contributed by atoms with E-state index in [1.165, 1.54) is 0 Å². The highest BCUT2D eigenvalue weighted by atomic mass is 35.5. The fraction of sp³-hybridized carbons (Fsp3) is 0.625. The van der Waals surface area contributed by atoms with Gasteiger partial charge in [-0.15, -0.1) is 24.8 Å². The van der Waals surface area contributed by atoms with E-state index in [-0.39, 0.29) is 24.8 Å². The fourth-order valence-electron chi connectivity index (χ4n) is 1.56. The molecule has 82 valence electrons. The fourth-order valence-corrected chi connectivity index (χ4v) is 1.56. The summed E-state index contributed by atoms with van der Waals surface area (Å²) in [5.74, 6) is 1.01. The maximum Gasteiger partial charge on any atom is 0.123 e. The maximum atomic E-state index is 5.24. The lowest BCUT2D eigenvalue weighted by molar-refractivity contribution is 0.117. The Morgan fingerprint density at radius 2 is 2.29 bits per heavy atom. The summed E-state index contributed by atoms with van der Waals surface area (Å²) in [7, 11) is 1.75. The van der Waals surface area contributed by atoms with E-state index in [0.717, 1.165) is 18.8 Å². The van der Waals surface area contributed by atoms with Gasteiger partial charge in [0.15, 0.2) is 0 Å². The molecule has 2 heterocycles. The summed E-state index contributed by atoms with van der Waals surface area (Å²) in [6, 6.07) is 0.338. The van der Waals surface area contributed by atoms with Crippen molar-refractivity contribution in [2.75, 3.05) is 13.7 Å². The zero-order chi connectivity index (χ0) is 8.39. The van der Waals surface area contributed by atoms with E-state index in [4.69, 9.17) is 4.74 Å². The lowest BCUT2D eigenvalue weighted by atomic mass is 10.2. The molecule has 1 fully saturated rings. The van der Waals surface area contributed by atoms with Gasteiger partial charge in [0, 0.05) is 26.0 Å². The molecule has 1 aromatic heterocycles. The topological polar surface area (TPSA) is 49.9 Å². The molecule has 2 N–H and O–H groups in total. The van der Waals surface area contributed by atoms with Crippen LogP contribution in [0.4, 0.5) is 0 Å². The number of H-pyrrole nitrogens is 1. The first kappa shape index (κ1) is 13.7. The number of hydrogen-bond donors (Lipinski definition) is 2.